The number of rotatable bonds is 3. The number of anilines is 1. The van der Waals surface area contributed by atoms with Crippen LogP contribution in [0.3, 0.4) is 0 Å². The second-order valence-corrected chi connectivity index (χ2v) is 7.86. The number of fused-ring (bicyclic) bond motifs is 2. The van der Waals surface area contributed by atoms with E-state index in [9.17, 15) is 14.0 Å². The first kappa shape index (κ1) is 19.3. The number of para-hydroxylation sites is 1. The summed E-state index contributed by atoms with van der Waals surface area (Å²) >= 11 is 0. The Labute approximate surface area is 178 Å². The fourth-order valence-corrected chi connectivity index (χ4v) is 4.91. The van der Waals surface area contributed by atoms with Crippen LogP contribution in [-0.4, -0.2) is 39.9 Å². The molecule has 0 bridgehead atoms. The molecule has 1 fully saturated rings. The zero-order valence-corrected chi connectivity index (χ0v) is 17.1. The molecule has 2 atom stereocenters. The minimum absolute atomic E-state index is 0.116. The molecule has 2 aliphatic rings. The van der Waals surface area contributed by atoms with Gasteiger partial charge >= 0.3 is 0 Å². The SMILES string of the molecule is COc1ccc(F)cc1C(=O)N1CC[C@]2(C(=O)Nc3ccccc32)[C@@H]1c1nccn1C. The van der Waals surface area contributed by atoms with Crippen molar-refractivity contribution in [1.29, 1.82) is 0 Å². The van der Waals surface area contributed by atoms with Gasteiger partial charge in [-0.3, -0.25) is 9.59 Å². The lowest BCUT2D eigenvalue weighted by molar-refractivity contribution is -0.121. The smallest absolute Gasteiger partial charge is 0.258 e. The molecule has 0 radical (unpaired) electrons. The average Bonchev–Trinajstić information content (AvgIpc) is 3.44. The highest BCUT2D eigenvalue weighted by Gasteiger charge is 2.60. The van der Waals surface area contributed by atoms with Crippen molar-refractivity contribution in [2.24, 2.45) is 7.05 Å². The van der Waals surface area contributed by atoms with Crippen molar-refractivity contribution in [3.63, 3.8) is 0 Å². The zero-order chi connectivity index (χ0) is 21.8. The minimum atomic E-state index is -0.980. The van der Waals surface area contributed by atoms with Gasteiger partial charge in [0, 0.05) is 31.7 Å². The summed E-state index contributed by atoms with van der Waals surface area (Å²) in [5.41, 5.74) is 0.718. The highest BCUT2D eigenvalue weighted by atomic mass is 19.1. The summed E-state index contributed by atoms with van der Waals surface area (Å²) in [6.07, 6.45) is 3.85. The predicted octanol–water partition coefficient (Wildman–Crippen LogP) is 3.05. The first-order valence-electron chi connectivity index (χ1n) is 10.00. The van der Waals surface area contributed by atoms with Gasteiger partial charge in [-0.1, -0.05) is 18.2 Å². The van der Waals surface area contributed by atoms with Crippen LogP contribution >= 0.6 is 0 Å². The molecule has 0 saturated carbocycles. The maximum Gasteiger partial charge on any atom is 0.258 e. The molecule has 1 N–H and O–H groups in total. The zero-order valence-electron chi connectivity index (χ0n) is 17.1. The van der Waals surface area contributed by atoms with Crippen LogP contribution in [0, 0.1) is 5.82 Å². The van der Waals surface area contributed by atoms with E-state index in [0.717, 1.165) is 11.3 Å². The van der Waals surface area contributed by atoms with Crippen LogP contribution in [0.4, 0.5) is 10.1 Å². The number of nitrogens with one attached hydrogen (secondary N) is 1. The number of imidazole rings is 1. The van der Waals surface area contributed by atoms with E-state index in [-0.39, 0.29) is 17.2 Å². The number of hydrogen-bond acceptors (Lipinski definition) is 4. The van der Waals surface area contributed by atoms with Gasteiger partial charge in [-0.05, 0) is 36.2 Å². The Morgan fingerprint density at radius 3 is 2.84 bits per heavy atom. The number of carbonyl (C=O) groups is 2. The molecule has 8 heteroatoms. The lowest BCUT2D eigenvalue weighted by atomic mass is 9.74. The Hall–Kier alpha value is -3.68. The van der Waals surface area contributed by atoms with Gasteiger partial charge in [0.05, 0.1) is 12.7 Å². The minimum Gasteiger partial charge on any atom is -0.496 e. The molecule has 3 heterocycles. The number of halogens is 1. The number of aryl methyl sites for hydroxylation is 1. The van der Waals surface area contributed by atoms with E-state index in [1.807, 2.05) is 35.9 Å². The third-order valence-electron chi connectivity index (χ3n) is 6.34. The van der Waals surface area contributed by atoms with Crippen LogP contribution in [0.2, 0.25) is 0 Å². The fraction of sp³-hybridized carbons (Fsp3) is 0.261. The Morgan fingerprint density at radius 1 is 1.29 bits per heavy atom. The Balaban J connectivity index is 1.68. The van der Waals surface area contributed by atoms with Crippen molar-refractivity contribution in [2.45, 2.75) is 17.9 Å². The van der Waals surface area contributed by atoms with Crippen LogP contribution in [0.25, 0.3) is 0 Å². The van der Waals surface area contributed by atoms with E-state index in [0.29, 0.717) is 18.8 Å². The van der Waals surface area contributed by atoms with Crippen LogP contribution < -0.4 is 10.1 Å². The first-order chi connectivity index (χ1) is 15.0. The van der Waals surface area contributed by atoms with Crippen molar-refractivity contribution < 1.29 is 18.7 Å². The molecule has 2 aliphatic heterocycles. The summed E-state index contributed by atoms with van der Waals surface area (Å²) in [5.74, 6) is -0.229. The average molecular weight is 420 g/mol. The number of amides is 2. The monoisotopic (exact) mass is 420 g/mol. The van der Waals surface area contributed by atoms with Gasteiger partial charge in [0.2, 0.25) is 5.91 Å². The van der Waals surface area contributed by atoms with E-state index in [4.69, 9.17) is 4.74 Å². The first-order valence-corrected chi connectivity index (χ1v) is 10.00. The molecular formula is C23H21FN4O3. The molecule has 0 unspecified atom stereocenters. The molecule has 158 valence electrons. The third kappa shape index (κ3) is 2.67. The van der Waals surface area contributed by atoms with E-state index in [1.165, 1.54) is 25.3 Å². The lowest BCUT2D eigenvalue weighted by Crippen LogP contribution is -2.43. The number of benzene rings is 2. The van der Waals surface area contributed by atoms with E-state index >= 15 is 0 Å². The summed E-state index contributed by atoms with van der Waals surface area (Å²) in [6, 6.07) is 10.7. The molecule has 2 amide bonds. The van der Waals surface area contributed by atoms with Gasteiger partial charge < -0.3 is 19.5 Å². The molecule has 7 nitrogen and oxygen atoms in total. The van der Waals surface area contributed by atoms with Crippen LogP contribution in [0.1, 0.15) is 34.2 Å². The van der Waals surface area contributed by atoms with Gasteiger partial charge in [-0.15, -0.1) is 0 Å². The fourth-order valence-electron chi connectivity index (χ4n) is 4.91. The molecule has 0 aliphatic carbocycles. The van der Waals surface area contributed by atoms with Crippen molar-refractivity contribution >= 4 is 17.5 Å². The van der Waals surface area contributed by atoms with Crippen molar-refractivity contribution in [2.75, 3.05) is 19.0 Å². The van der Waals surface area contributed by atoms with Crippen LogP contribution in [0.15, 0.2) is 54.9 Å². The Kier molecular flexibility index (Phi) is 4.32. The molecule has 3 aromatic rings. The Morgan fingerprint density at radius 2 is 2.10 bits per heavy atom. The molecular weight excluding hydrogens is 399 g/mol. The van der Waals surface area contributed by atoms with Crippen LogP contribution in [-0.2, 0) is 17.3 Å². The number of likely N-dealkylation sites (tertiary alicyclic amines) is 1. The summed E-state index contributed by atoms with van der Waals surface area (Å²) in [6.45, 7) is 0.317. The topological polar surface area (TPSA) is 76.5 Å². The van der Waals surface area contributed by atoms with Gasteiger partial charge in [-0.2, -0.15) is 0 Å². The van der Waals surface area contributed by atoms with Crippen LogP contribution in [0.5, 0.6) is 5.75 Å². The van der Waals surface area contributed by atoms with Gasteiger partial charge in [0.15, 0.2) is 0 Å². The molecule has 2 aromatic carbocycles. The van der Waals surface area contributed by atoms with Gasteiger partial charge in [-0.25, -0.2) is 9.37 Å². The highest BCUT2D eigenvalue weighted by Crippen LogP contribution is 2.54. The van der Waals surface area contributed by atoms with Gasteiger partial charge in [0.25, 0.3) is 5.91 Å². The molecule has 31 heavy (non-hydrogen) atoms. The maximum atomic E-state index is 14.0. The summed E-state index contributed by atoms with van der Waals surface area (Å²) < 4.78 is 21.1. The lowest BCUT2D eigenvalue weighted by Gasteiger charge is -2.33. The number of ether oxygens (including phenoxy) is 1. The quantitative estimate of drug-likeness (QED) is 0.707. The second-order valence-electron chi connectivity index (χ2n) is 7.86. The number of carbonyl (C=O) groups excluding carboxylic acids is 2. The number of nitrogens with zero attached hydrogens (tertiary/aromatic N) is 3. The summed E-state index contributed by atoms with van der Waals surface area (Å²) in [5, 5.41) is 2.97. The third-order valence-corrected chi connectivity index (χ3v) is 6.34. The molecule has 5 rings (SSSR count). The van der Waals surface area contributed by atoms with E-state index < -0.39 is 23.2 Å². The van der Waals surface area contributed by atoms with Crippen molar-refractivity contribution in [3.8, 4) is 5.75 Å². The van der Waals surface area contributed by atoms with Crippen molar-refractivity contribution in [3.05, 3.63) is 77.6 Å². The number of aromatic nitrogens is 2. The molecule has 1 spiro atoms. The second kappa shape index (κ2) is 6.94. The number of methoxy groups -OCH3 is 1. The summed E-state index contributed by atoms with van der Waals surface area (Å²) in [7, 11) is 3.27. The molecule has 1 saturated heterocycles. The van der Waals surface area contributed by atoms with Crippen molar-refractivity contribution in [1.82, 2.24) is 14.5 Å². The standard InChI is InChI=1S/C23H21FN4O3/c1-27-12-10-25-20(27)19-23(16-5-3-4-6-17(16)26-22(23)30)9-11-28(19)21(29)15-13-14(24)7-8-18(15)31-2/h3-8,10,12-13,19H,9,11H2,1-2H3,(H,26,30)/t19-,23+/m0/s1. The van der Waals surface area contributed by atoms with E-state index in [2.05, 4.69) is 10.3 Å². The largest absolute Gasteiger partial charge is 0.496 e. The summed E-state index contributed by atoms with van der Waals surface area (Å²) in [4.78, 5) is 33.2. The highest BCUT2D eigenvalue weighted by molar-refractivity contribution is 6.08. The van der Waals surface area contributed by atoms with Gasteiger partial charge in [0.1, 0.15) is 28.8 Å². The van der Waals surface area contributed by atoms with E-state index in [1.54, 1.807) is 17.3 Å². The normalized spacial score (nSPS) is 22.0. The molecule has 1 aromatic heterocycles. The predicted molar refractivity (Wildman–Crippen MR) is 111 cm³/mol. The number of hydrogen-bond donors (Lipinski definition) is 1. The maximum absolute atomic E-state index is 14.0. The Bertz CT molecular complexity index is 1210.